The van der Waals surface area contributed by atoms with Crippen LogP contribution in [0.25, 0.3) is 5.69 Å². The third kappa shape index (κ3) is 1.81. The Bertz CT molecular complexity index is 553. The van der Waals surface area contributed by atoms with Crippen LogP contribution in [-0.2, 0) is 0 Å². The van der Waals surface area contributed by atoms with E-state index in [4.69, 9.17) is 17.3 Å². The van der Waals surface area contributed by atoms with E-state index < -0.39 is 5.82 Å². The van der Waals surface area contributed by atoms with Gasteiger partial charge in [-0.2, -0.15) is 5.10 Å². The van der Waals surface area contributed by atoms with E-state index in [1.54, 1.807) is 6.07 Å². The SMILES string of the molecule is Cc1nn(-c2ccc(Cl)c(F)c2)c(N)c1Br. The van der Waals surface area contributed by atoms with Crippen molar-refractivity contribution in [3.8, 4) is 5.69 Å². The Morgan fingerprint density at radius 1 is 1.50 bits per heavy atom. The lowest BCUT2D eigenvalue weighted by Crippen LogP contribution is -2.02. The monoisotopic (exact) mass is 303 g/mol. The molecule has 84 valence electrons. The van der Waals surface area contributed by atoms with E-state index in [1.807, 2.05) is 6.92 Å². The highest BCUT2D eigenvalue weighted by molar-refractivity contribution is 9.10. The van der Waals surface area contributed by atoms with Gasteiger partial charge in [0.25, 0.3) is 0 Å². The minimum Gasteiger partial charge on any atom is -0.383 e. The summed E-state index contributed by atoms with van der Waals surface area (Å²) in [5, 5.41) is 4.26. The maximum absolute atomic E-state index is 13.3. The lowest BCUT2D eigenvalue weighted by atomic mass is 10.3. The van der Waals surface area contributed by atoms with Crippen LogP contribution in [0.4, 0.5) is 10.2 Å². The molecule has 0 bridgehead atoms. The van der Waals surface area contributed by atoms with Crippen molar-refractivity contribution >= 4 is 33.3 Å². The van der Waals surface area contributed by atoms with Crippen molar-refractivity contribution in [1.29, 1.82) is 0 Å². The van der Waals surface area contributed by atoms with Crippen LogP contribution in [0.1, 0.15) is 5.69 Å². The predicted octanol–water partition coefficient (Wildman–Crippen LogP) is 3.32. The first-order valence-corrected chi connectivity index (χ1v) is 5.64. The number of nitrogens with zero attached hydrogens (tertiary/aromatic N) is 2. The van der Waals surface area contributed by atoms with Crippen molar-refractivity contribution < 1.29 is 4.39 Å². The Kier molecular flexibility index (Phi) is 2.90. The molecule has 3 nitrogen and oxygen atoms in total. The minimum atomic E-state index is -0.497. The second-order valence-corrected chi connectivity index (χ2v) is 4.50. The maximum Gasteiger partial charge on any atom is 0.143 e. The largest absolute Gasteiger partial charge is 0.383 e. The topological polar surface area (TPSA) is 43.8 Å². The molecule has 0 radical (unpaired) electrons. The average Bonchev–Trinajstić information content (AvgIpc) is 2.50. The van der Waals surface area contributed by atoms with E-state index >= 15 is 0 Å². The Hall–Kier alpha value is -1.07. The van der Waals surface area contributed by atoms with Crippen molar-refractivity contribution in [2.45, 2.75) is 6.92 Å². The lowest BCUT2D eigenvalue weighted by molar-refractivity contribution is 0.626. The van der Waals surface area contributed by atoms with Gasteiger partial charge in [-0.25, -0.2) is 9.07 Å². The van der Waals surface area contributed by atoms with Crippen LogP contribution in [0.3, 0.4) is 0 Å². The third-order valence-electron chi connectivity index (χ3n) is 2.17. The van der Waals surface area contributed by atoms with Gasteiger partial charge in [-0.3, -0.25) is 0 Å². The van der Waals surface area contributed by atoms with Gasteiger partial charge in [0.2, 0.25) is 0 Å². The van der Waals surface area contributed by atoms with E-state index in [0.29, 0.717) is 16.0 Å². The van der Waals surface area contributed by atoms with Gasteiger partial charge in [0, 0.05) is 6.07 Å². The zero-order valence-electron chi connectivity index (χ0n) is 8.34. The first-order valence-electron chi connectivity index (χ1n) is 4.46. The van der Waals surface area contributed by atoms with Gasteiger partial charge < -0.3 is 5.73 Å². The predicted molar refractivity (Wildman–Crippen MR) is 65.4 cm³/mol. The van der Waals surface area contributed by atoms with Gasteiger partial charge in [-0.05, 0) is 35.0 Å². The van der Waals surface area contributed by atoms with Crippen molar-refractivity contribution in [2.75, 3.05) is 5.73 Å². The van der Waals surface area contributed by atoms with Crippen LogP contribution in [0.2, 0.25) is 5.02 Å². The number of anilines is 1. The molecule has 1 aromatic carbocycles. The molecule has 0 unspecified atom stereocenters. The number of benzene rings is 1. The molecule has 0 aliphatic rings. The number of aromatic nitrogens is 2. The number of aryl methyl sites for hydroxylation is 1. The second-order valence-electron chi connectivity index (χ2n) is 3.29. The molecule has 0 aliphatic heterocycles. The number of hydrogen-bond donors (Lipinski definition) is 1. The first kappa shape index (κ1) is 11.4. The summed E-state index contributed by atoms with van der Waals surface area (Å²) >= 11 is 8.90. The molecule has 1 aromatic heterocycles. The van der Waals surface area contributed by atoms with Crippen LogP contribution in [0, 0.1) is 12.7 Å². The van der Waals surface area contributed by atoms with Crippen molar-refractivity contribution in [1.82, 2.24) is 9.78 Å². The van der Waals surface area contributed by atoms with Crippen molar-refractivity contribution in [2.24, 2.45) is 0 Å². The highest BCUT2D eigenvalue weighted by Gasteiger charge is 2.12. The molecule has 0 aliphatic carbocycles. The third-order valence-corrected chi connectivity index (χ3v) is 3.46. The fourth-order valence-corrected chi connectivity index (χ4v) is 1.70. The molecule has 0 fully saturated rings. The zero-order valence-corrected chi connectivity index (χ0v) is 10.7. The number of hydrogen-bond acceptors (Lipinski definition) is 2. The van der Waals surface area contributed by atoms with Crippen molar-refractivity contribution in [3.05, 3.63) is 39.2 Å². The van der Waals surface area contributed by atoms with Crippen LogP contribution in [0.5, 0.6) is 0 Å². The standard InChI is InChI=1S/C10H8BrClFN3/c1-5-9(11)10(14)16(15-5)6-2-3-7(12)8(13)4-6/h2-4H,14H2,1H3. The summed E-state index contributed by atoms with van der Waals surface area (Å²) in [6.45, 7) is 1.81. The minimum absolute atomic E-state index is 0.0743. The maximum atomic E-state index is 13.3. The molecule has 0 atom stereocenters. The molecule has 0 saturated carbocycles. The second kappa shape index (κ2) is 4.07. The van der Waals surface area contributed by atoms with Crippen LogP contribution in [-0.4, -0.2) is 9.78 Å². The summed E-state index contributed by atoms with van der Waals surface area (Å²) < 4.78 is 15.4. The van der Waals surface area contributed by atoms with Gasteiger partial charge >= 0.3 is 0 Å². The lowest BCUT2D eigenvalue weighted by Gasteiger charge is -2.04. The van der Waals surface area contributed by atoms with E-state index in [-0.39, 0.29) is 5.02 Å². The number of nitrogens with two attached hydrogens (primary N) is 1. The fraction of sp³-hybridized carbons (Fsp3) is 0.100. The smallest absolute Gasteiger partial charge is 0.143 e. The van der Waals surface area contributed by atoms with Gasteiger partial charge in [-0.15, -0.1) is 0 Å². The summed E-state index contributed by atoms with van der Waals surface area (Å²) in [6, 6.07) is 4.41. The summed E-state index contributed by atoms with van der Waals surface area (Å²) in [6.07, 6.45) is 0. The molecule has 2 N–H and O–H groups in total. The number of nitrogen functional groups attached to an aromatic ring is 1. The average molecular weight is 305 g/mol. The molecule has 6 heteroatoms. The molecular formula is C10H8BrClFN3. The molecule has 0 amide bonds. The molecule has 16 heavy (non-hydrogen) atoms. The van der Waals surface area contributed by atoms with Gasteiger partial charge in [0.15, 0.2) is 0 Å². The fourth-order valence-electron chi connectivity index (χ4n) is 1.34. The first-order chi connectivity index (χ1) is 7.50. The van der Waals surface area contributed by atoms with Crippen LogP contribution < -0.4 is 5.73 Å². The van der Waals surface area contributed by atoms with E-state index in [0.717, 1.165) is 5.69 Å². The number of rotatable bonds is 1. The summed E-state index contributed by atoms with van der Waals surface area (Å²) in [5.41, 5.74) is 7.10. The molecule has 2 aromatic rings. The van der Waals surface area contributed by atoms with Gasteiger partial charge in [0.05, 0.1) is 20.9 Å². The Morgan fingerprint density at radius 3 is 2.69 bits per heavy atom. The molecular weight excluding hydrogens is 296 g/mol. The molecule has 1 heterocycles. The van der Waals surface area contributed by atoms with Gasteiger partial charge in [-0.1, -0.05) is 11.6 Å². The Labute approximate surface area is 105 Å². The van der Waals surface area contributed by atoms with Gasteiger partial charge in [0.1, 0.15) is 11.6 Å². The zero-order chi connectivity index (χ0) is 11.9. The van der Waals surface area contributed by atoms with Crippen molar-refractivity contribution in [3.63, 3.8) is 0 Å². The van der Waals surface area contributed by atoms with E-state index in [2.05, 4.69) is 21.0 Å². The molecule has 0 spiro atoms. The molecule has 0 saturated heterocycles. The highest BCUT2D eigenvalue weighted by Crippen LogP contribution is 2.27. The summed E-state index contributed by atoms with van der Waals surface area (Å²) in [4.78, 5) is 0. The normalized spacial score (nSPS) is 10.8. The Balaban J connectivity index is 2.59. The van der Waals surface area contributed by atoms with E-state index in [1.165, 1.54) is 16.8 Å². The quantitative estimate of drug-likeness (QED) is 0.878. The Morgan fingerprint density at radius 2 is 2.19 bits per heavy atom. The summed E-state index contributed by atoms with van der Waals surface area (Å²) in [7, 11) is 0. The summed E-state index contributed by atoms with van der Waals surface area (Å²) in [5.74, 6) is -0.0675. The molecule has 2 rings (SSSR count). The van der Waals surface area contributed by atoms with Crippen LogP contribution in [0.15, 0.2) is 22.7 Å². The van der Waals surface area contributed by atoms with Crippen LogP contribution >= 0.6 is 27.5 Å². The van der Waals surface area contributed by atoms with E-state index in [9.17, 15) is 4.39 Å². The highest BCUT2D eigenvalue weighted by atomic mass is 79.9. The number of halogens is 3.